The quantitative estimate of drug-likeness (QED) is 0.691. The number of ether oxygens (including phenoxy) is 1. The predicted octanol–water partition coefficient (Wildman–Crippen LogP) is 5.05. The molecule has 1 nitrogen and oxygen atoms in total. The van der Waals surface area contributed by atoms with Gasteiger partial charge >= 0.3 is 6.61 Å². The molecule has 0 amide bonds. The first-order chi connectivity index (χ1) is 10.00. The van der Waals surface area contributed by atoms with Crippen LogP contribution in [-0.2, 0) is 4.74 Å². The van der Waals surface area contributed by atoms with Gasteiger partial charge in [-0.2, -0.15) is 8.78 Å². The molecule has 0 bridgehead atoms. The molecule has 0 N–H and O–H groups in total. The fourth-order valence-corrected chi connectivity index (χ4v) is 2.52. The first-order valence-electron chi connectivity index (χ1n) is 6.74. The second-order valence-electron chi connectivity index (χ2n) is 4.91. The largest absolute Gasteiger partial charge is 0.346 e. The Balaban J connectivity index is 2.38. The third-order valence-corrected chi connectivity index (χ3v) is 3.47. The maximum atomic E-state index is 14.4. The molecule has 0 saturated heterocycles. The zero-order chi connectivity index (χ0) is 15.5. The highest BCUT2D eigenvalue weighted by molar-refractivity contribution is 5.78. The molecule has 0 aliphatic heterocycles. The number of halogens is 4. The lowest BCUT2D eigenvalue weighted by molar-refractivity contribution is -0.210. The second kappa shape index (κ2) is 6.43. The molecule has 0 fully saturated rings. The highest BCUT2D eigenvalue weighted by atomic mass is 19.3. The lowest BCUT2D eigenvalue weighted by Crippen LogP contribution is -2.44. The molecular weight excluding hydrogens is 284 g/mol. The van der Waals surface area contributed by atoms with Crippen LogP contribution in [0.25, 0.3) is 5.57 Å². The van der Waals surface area contributed by atoms with Gasteiger partial charge in [-0.3, -0.25) is 0 Å². The molecule has 114 valence electrons. The van der Waals surface area contributed by atoms with E-state index in [9.17, 15) is 17.6 Å². The highest BCUT2D eigenvalue weighted by Gasteiger charge is 2.45. The monoisotopic (exact) mass is 300 g/mol. The minimum atomic E-state index is -3.16. The standard InChI is InChI=1S/C16H16F4O/c1-2-9-16(21-15(19)20)10-8-12(13(17)14(16)18)11-6-4-3-5-7-11/h3-8,10,14-15H,2,9H2,1H3. The van der Waals surface area contributed by atoms with Crippen LogP contribution in [0.3, 0.4) is 0 Å². The van der Waals surface area contributed by atoms with Gasteiger partial charge in [0.1, 0.15) is 11.4 Å². The van der Waals surface area contributed by atoms with Crippen molar-refractivity contribution in [1.29, 1.82) is 0 Å². The smallest absolute Gasteiger partial charge is 0.308 e. The fourth-order valence-electron chi connectivity index (χ4n) is 2.52. The molecule has 1 aliphatic rings. The van der Waals surface area contributed by atoms with Crippen LogP contribution in [-0.4, -0.2) is 18.4 Å². The van der Waals surface area contributed by atoms with Crippen LogP contribution in [0.5, 0.6) is 0 Å². The Morgan fingerprint density at radius 1 is 1.24 bits per heavy atom. The number of alkyl halides is 3. The van der Waals surface area contributed by atoms with Crippen molar-refractivity contribution >= 4 is 5.57 Å². The van der Waals surface area contributed by atoms with Gasteiger partial charge in [-0.15, -0.1) is 0 Å². The van der Waals surface area contributed by atoms with Gasteiger partial charge in [0.2, 0.25) is 0 Å². The van der Waals surface area contributed by atoms with Crippen molar-refractivity contribution in [2.45, 2.75) is 38.1 Å². The van der Waals surface area contributed by atoms with Gasteiger partial charge in [-0.25, -0.2) is 8.78 Å². The molecule has 0 spiro atoms. The van der Waals surface area contributed by atoms with Crippen LogP contribution in [0.1, 0.15) is 25.3 Å². The first kappa shape index (κ1) is 15.8. The van der Waals surface area contributed by atoms with E-state index in [0.717, 1.165) is 0 Å². The lowest BCUT2D eigenvalue weighted by atomic mass is 9.84. The molecule has 2 unspecified atom stereocenters. The summed E-state index contributed by atoms with van der Waals surface area (Å²) in [6.07, 6.45) is 0.652. The van der Waals surface area contributed by atoms with E-state index in [-0.39, 0.29) is 12.0 Å². The number of hydrogen-bond acceptors (Lipinski definition) is 1. The van der Waals surface area contributed by atoms with Crippen molar-refractivity contribution < 1.29 is 22.3 Å². The Hall–Kier alpha value is -1.62. The minimum absolute atomic E-state index is 0.0233. The first-order valence-corrected chi connectivity index (χ1v) is 6.74. The Morgan fingerprint density at radius 3 is 2.48 bits per heavy atom. The summed E-state index contributed by atoms with van der Waals surface area (Å²) in [5.74, 6) is -1.07. The van der Waals surface area contributed by atoms with E-state index in [0.29, 0.717) is 12.0 Å². The molecule has 1 aromatic rings. The zero-order valence-corrected chi connectivity index (χ0v) is 11.5. The van der Waals surface area contributed by atoms with Gasteiger partial charge < -0.3 is 4.74 Å². The number of benzene rings is 1. The average Bonchev–Trinajstić information content (AvgIpc) is 2.45. The van der Waals surface area contributed by atoms with Crippen LogP contribution >= 0.6 is 0 Å². The van der Waals surface area contributed by atoms with E-state index in [4.69, 9.17) is 0 Å². The van der Waals surface area contributed by atoms with Crippen LogP contribution < -0.4 is 0 Å². The molecule has 21 heavy (non-hydrogen) atoms. The third-order valence-electron chi connectivity index (χ3n) is 3.47. The number of rotatable bonds is 5. The van der Waals surface area contributed by atoms with Crippen molar-refractivity contribution in [1.82, 2.24) is 0 Å². The maximum absolute atomic E-state index is 14.4. The summed E-state index contributed by atoms with van der Waals surface area (Å²) < 4.78 is 58.3. The lowest BCUT2D eigenvalue weighted by Gasteiger charge is -2.35. The Bertz CT molecular complexity index is 538. The maximum Gasteiger partial charge on any atom is 0.346 e. The summed E-state index contributed by atoms with van der Waals surface area (Å²) in [4.78, 5) is 0. The van der Waals surface area contributed by atoms with Crippen LogP contribution in [0.4, 0.5) is 17.6 Å². The molecular formula is C16H16F4O. The van der Waals surface area contributed by atoms with Crippen molar-refractivity contribution in [3.05, 3.63) is 53.9 Å². The van der Waals surface area contributed by atoms with Gasteiger partial charge in [-0.1, -0.05) is 49.8 Å². The van der Waals surface area contributed by atoms with Gasteiger partial charge in [0.15, 0.2) is 6.17 Å². The summed E-state index contributed by atoms with van der Waals surface area (Å²) >= 11 is 0. The number of allylic oxidation sites excluding steroid dienone is 2. The van der Waals surface area contributed by atoms with Gasteiger partial charge in [-0.05, 0) is 18.1 Å². The highest BCUT2D eigenvalue weighted by Crippen LogP contribution is 2.41. The van der Waals surface area contributed by atoms with Crippen LogP contribution in [0.2, 0.25) is 0 Å². The molecule has 1 aliphatic carbocycles. The predicted molar refractivity (Wildman–Crippen MR) is 73.2 cm³/mol. The molecule has 0 radical (unpaired) electrons. The van der Waals surface area contributed by atoms with Gasteiger partial charge in [0.05, 0.1) is 0 Å². The SMILES string of the molecule is CCCC1(OC(F)F)C=CC(c2ccccc2)=C(F)C1F. The minimum Gasteiger partial charge on any atom is -0.308 e. The third kappa shape index (κ3) is 3.18. The van der Waals surface area contributed by atoms with Gasteiger partial charge in [0, 0.05) is 5.57 Å². The van der Waals surface area contributed by atoms with E-state index in [1.807, 2.05) is 0 Å². The molecule has 1 aromatic carbocycles. The Morgan fingerprint density at radius 2 is 1.90 bits per heavy atom. The normalized spacial score (nSPS) is 25.7. The van der Waals surface area contributed by atoms with Crippen molar-refractivity contribution in [3.8, 4) is 0 Å². The molecule has 5 heteroatoms. The summed E-state index contributed by atoms with van der Waals surface area (Å²) in [5.41, 5.74) is -1.38. The van der Waals surface area contributed by atoms with E-state index in [1.54, 1.807) is 37.3 Å². The topological polar surface area (TPSA) is 9.23 Å². The molecule has 0 aromatic heterocycles. The summed E-state index contributed by atoms with van der Waals surface area (Å²) in [5, 5.41) is 0. The van der Waals surface area contributed by atoms with Crippen molar-refractivity contribution in [2.75, 3.05) is 0 Å². The molecule has 0 saturated carbocycles. The fraction of sp³-hybridized carbons (Fsp3) is 0.375. The average molecular weight is 300 g/mol. The zero-order valence-electron chi connectivity index (χ0n) is 11.5. The second-order valence-corrected chi connectivity index (χ2v) is 4.91. The van der Waals surface area contributed by atoms with Crippen LogP contribution in [0, 0.1) is 0 Å². The Labute approximate surface area is 120 Å². The summed E-state index contributed by atoms with van der Waals surface area (Å²) in [7, 11) is 0. The molecule has 2 atom stereocenters. The van der Waals surface area contributed by atoms with E-state index in [1.165, 1.54) is 12.2 Å². The van der Waals surface area contributed by atoms with Crippen molar-refractivity contribution in [2.24, 2.45) is 0 Å². The summed E-state index contributed by atoms with van der Waals surface area (Å²) in [6.45, 7) is -1.46. The van der Waals surface area contributed by atoms with E-state index >= 15 is 0 Å². The van der Waals surface area contributed by atoms with E-state index in [2.05, 4.69) is 4.74 Å². The summed E-state index contributed by atoms with van der Waals surface area (Å²) in [6, 6.07) is 8.41. The van der Waals surface area contributed by atoms with Crippen molar-refractivity contribution in [3.63, 3.8) is 0 Å². The number of hydrogen-bond donors (Lipinski definition) is 0. The molecule has 2 rings (SSSR count). The van der Waals surface area contributed by atoms with Crippen LogP contribution in [0.15, 0.2) is 48.3 Å². The molecule has 0 heterocycles. The Kier molecular flexibility index (Phi) is 4.83. The van der Waals surface area contributed by atoms with Gasteiger partial charge in [0.25, 0.3) is 0 Å². The van der Waals surface area contributed by atoms with E-state index < -0.39 is 24.2 Å².